The second kappa shape index (κ2) is 10.7. The lowest BCUT2D eigenvalue weighted by Crippen LogP contribution is -2.49. The molecule has 1 heterocycles. The molecule has 2 aromatic rings. The van der Waals surface area contributed by atoms with Gasteiger partial charge in [-0.1, -0.05) is 18.5 Å². The van der Waals surface area contributed by atoms with E-state index in [9.17, 15) is 4.79 Å². The molecule has 0 spiro atoms. The molecule has 0 fully saturated rings. The van der Waals surface area contributed by atoms with Gasteiger partial charge in [0.25, 0.3) is 5.91 Å². The topological polar surface area (TPSA) is 72.8 Å². The number of nitrogens with zero attached hydrogens (tertiary/aromatic N) is 2. The summed E-state index contributed by atoms with van der Waals surface area (Å²) in [6, 6.07) is 7.52. The summed E-state index contributed by atoms with van der Waals surface area (Å²) < 4.78 is 6.80. The number of ether oxygens (including phenoxy) is 1. The summed E-state index contributed by atoms with van der Waals surface area (Å²) >= 11 is 4.74. The smallest absolute Gasteiger partial charge is 0.272 e. The number of unbranched alkanes of at least 4 members (excludes halogenated alkanes) is 1. The minimum atomic E-state index is -0.689. The van der Waals surface area contributed by atoms with Crippen molar-refractivity contribution in [3.63, 3.8) is 0 Å². The fourth-order valence-corrected chi connectivity index (χ4v) is 3.16. The van der Waals surface area contributed by atoms with E-state index in [1.54, 1.807) is 12.4 Å². The van der Waals surface area contributed by atoms with Gasteiger partial charge in [-0.3, -0.25) is 9.78 Å². The summed E-state index contributed by atoms with van der Waals surface area (Å²) in [5.41, 5.74) is -0.480. The van der Waals surface area contributed by atoms with Gasteiger partial charge in [-0.05, 0) is 66.7 Å². The third-order valence-electron chi connectivity index (χ3n) is 3.78. The molecule has 0 radical (unpaired) electrons. The van der Waals surface area contributed by atoms with Crippen LogP contribution in [0, 0.1) is 0 Å². The van der Waals surface area contributed by atoms with Crippen molar-refractivity contribution in [1.29, 1.82) is 0 Å². The number of nitrogens with one attached hydrogen (secondary N) is 1. The van der Waals surface area contributed by atoms with Gasteiger partial charge in [0.2, 0.25) is 5.44 Å². The second-order valence-corrected chi connectivity index (χ2v) is 8.64. The first kappa shape index (κ1) is 22.5. The molecule has 2 rings (SSSR count). The van der Waals surface area contributed by atoms with E-state index in [0.29, 0.717) is 12.4 Å². The van der Waals surface area contributed by atoms with Gasteiger partial charge in [0, 0.05) is 16.1 Å². The molecular weight excluding hydrogens is 442 g/mol. The molecule has 1 aromatic carbocycles. The Morgan fingerprint density at radius 3 is 2.93 bits per heavy atom. The largest absolute Gasteiger partial charge is 0.470 e. The van der Waals surface area contributed by atoms with E-state index in [2.05, 4.69) is 38.3 Å². The maximum Gasteiger partial charge on any atom is 0.272 e. The van der Waals surface area contributed by atoms with Crippen LogP contribution in [0.5, 0.6) is 5.75 Å². The van der Waals surface area contributed by atoms with Crippen LogP contribution >= 0.6 is 27.7 Å². The number of amides is 1. The van der Waals surface area contributed by atoms with Crippen LogP contribution in [-0.2, 0) is 9.63 Å². The van der Waals surface area contributed by atoms with Gasteiger partial charge >= 0.3 is 0 Å². The number of carbonyl (C=O) groups excluding carboxylic acids is 1. The molecule has 0 aliphatic heterocycles. The van der Waals surface area contributed by atoms with Crippen molar-refractivity contribution in [3.8, 4) is 5.75 Å². The number of hydrogen-bond donors (Lipinski definition) is 1. The van der Waals surface area contributed by atoms with Crippen LogP contribution in [0.3, 0.4) is 0 Å². The monoisotopic (exact) mass is 467 g/mol. The highest BCUT2D eigenvalue weighted by Gasteiger charge is 2.26. The molecule has 0 saturated carbocycles. The first-order valence-electron chi connectivity index (χ1n) is 9.08. The van der Waals surface area contributed by atoms with E-state index in [0.717, 1.165) is 28.2 Å². The maximum atomic E-state index is 12.7. The number of carbonyl (C=O) groups is 1. The minimum absolute atomic E-state index is 0.232. The number of benzene rings is 1. The Morgan fingerprint density at radius 1 is 1.43 bits per heavy atom. The fourth-order valence-electron chi connectivity index (χ4n) is 2.33. The first-order chi connectivity index (χ1) is 13.3. The second-order valence-electron chi connectivity index (χ2n) is 6.83. The Kier molecular flexibility index (Phi) is 8.57. The van der Waals surface area contributed by atoms with Crippen molar-refractivity contribution in [1.82, 2.24) is 10.3 Å². The first-order valence-corrected chi connectivity index (χ1v) is 11.2. The standard InChI is InChI=1S/C20H26BrN3O3S/c1-5-6-9-26-23-13-20(2,3)24-18(25)19(28-4)27-16-7-8-17-14(11-16)10-15(21)12-22-17/h7-8,10-13,19H,5-6,9H2,1-4H3,(H,24,25). The van der Waals surface area contributed by atoms with Gasteiger partial charge in [0.05, 0.1) is 17.3 Å². The highest BCUT2D eigenvalue weighted by atomic mass is 79.9. The predicted octanol–water partition coefficient (Wildman–Crippen LogP) is 4.76. The van der Waals surface area contributed by atoms with Gasteiger partial charge in [0.15, 0.2) is 0 Å². The molecule has 8 heteroatoms. The molecule has 1 aromatic heterocycles. The average molecular weight is 468 g/mol. The van der Waals surface area contributed by atoms with Gasteiger partial charge in [-0.15, -0.1) is 11.8 Å². The summed E-state index contributed by atoms with van der Waals surface area (Å²) in [5, 5.41) is 7.81. The minimum Gasteiger partial charge on any atom is -0.470 e. The summed E-state index contributed by atoms with van der Waals surface area (Å²) in [4.78, 5) is 22.2. The SMILES string of the molecule is CCCCON=CC(C)(C)NC(=O)C(Oc1ccc2ncc(Br)cc2c1)SC. The molecule has 1 N–H and O–H groups in total. The van der Waals surface area contributed by atoms with Gasteiger partial charge < -0.3 is 14.9 Å². The van der Waals surface area contributed by atoms with Crippen molar-refractivity contribution in [2.24, 2.45) is 5.16 Å². The highest BCUT2D eigenvalue weighted by molar-refractivity contribution is 9.10. The summed E-state index contributed by atoms with van der Waals surface area (Å²) in [5.74, 6) is 0.376. The Bertz CT molecular complexity index is 829. The lowest BCUT2D eigenvalue weighted by atomic mass is 10.1. The van der Waals surface area contributed by atoms with E-state index < -0.39 is 11.0 Å². The van der Waals surface area contributed by atoms with E-state index >= 15 is 0 Å². The van der Waals surface area contributed by atoms with Gasteiger partial charge in [0.1, 0.15) is 12.4 Å². The van der Waals surface area contributed by atoms with E-state index in [4.69, 9.17) is 9.57 Å². The Morgan fingerprint density at radius 2 is 2.21 bits per heavy atom. The van der Waals surface area contributed by atoms with E-state index in [1.165, 1.54) is 11.8 Å². The molecule has 1 amide bonds. The molecule has 0 aliphatic rings. The number of aromatic nitrogens is 1. The number of rotatable bonds is 10. The van der Waals surface area contributed by atoms with Crippen LogP contribution < -0.4 is 10.1 Å². The lowest BCUT2D eigenvalue weighted by Gasteiger charge is -2.24. The predicted molar refractivity (Wildman–Crippen MR) is 119 cm³/mol. The van der Waals surface area contributed by atoms with Crippen molar-refractivity contribution >= 4 is 50.7 Å². The molecule has 0 saturated heterocycles. The van der Waals surface area contributed by atoms with Crippen LogP contribution in [0.15, 0.2) is 40.1 Å². The zero-order valence-electron chi connectivity index (χ0n) is 16.6. The zero-order valence-corrected chi connectivity index (χ0v) is 19.0. The van der Waals surface area contributed by atoms with Crippen molar-refractivity contribution in [2.75, 3.05) is 12.9 Å². The molecule has 0 bridgehead atoms. The van der Waals surface area contributed by atoms with Crippen molar-refractivity contribution in [3.05, 3.63) is 34.9 Å². The third-order valence-corrected chi connectivity index (χ3v) is 4.95. The molecule has 6 nitrogen and oxygen atoms in total. The average Bonchev–Trinajstić information content (AvgIpc) is 2.65. The number of thioether (sulfide) groups is 1. The fraction of sp³-hybridized carbons (Fsp3) is 0.450. The molecule has 1 unspecified atom stereocenters. The molecule has 152 valence electrons. The van der Waals surface area contributed by atoms with E-state index in [-0.39, 0.29) is 5.91 Å². The maximum absolute atomic E-state index is 12.7. The Hall–Kier alpha value is -1.80. The normalized spacial score (nSPS) is 12.9. The number of oxime groups is 1. The number of pyridine rings is 1. The Balaban J connectivity index is 2.00. The quantitative estimate of drug-likeness (QED) is 0.236. The number of fused-ring (bicyclic) bond motifs is 1. The molecule has 0 aliphatic carbocycles. The van der Waals surface area contributed by atoms with Gasteiger partial charge in [-0.25, -0.2) is 0 Å². The molecular formula is C20H26BrN3O3S. The molecule has 1 atom stereocenters. The van der Waals surface area contributed by atoms with Crippen molar-refractivity contribution in [2.45, 2.75) is 44.6 Å². The van der Waals surface area contributed by atoms with Gasteiger partial charge in [-0.2, -0.15) is 0 Å². The van der Waals surface area contributed by atoms with Crippen LogP contribution in [-0.4, -0.2) is 40.9 Å². The molecule has 28 heavy (non-hydrogen) atoms. The summed E-state index contributed by atoms with van der Waals surface area (Å²) in [6.07, 6.45) is 7.17. The number of halogens is 1. The Labute approximate surface area is 178 Å². The van der Waals surface area contributed by atoms with E-state index in [1.807, 2.05) is 44.4 Å². The number of hydrogen-bond acceptors (Lipinski definition) is 6. The zero-order chi connectivity index (χ0) is 20.6. The van der Waals surface area contributed by atoms with Crippen LogP contribution in [0.25, 0.3) is 10.9 Å². The summed E-state index contributed by atoms with van der Waals surface area (Å²) in [6.45, 7) is 6.37. The summed E-state index contributed by atoms with van der Waals surface area (Å²) in [7, 11) is 0. The van der Waals surface area contributed by atoms with Crippen LogP contribution in [0.2, 0.25) is 0 Å². The van der Waals surface area contributed by atoms with Crippen LogP contribution in [0.4, 0.5) is 0 Å². The lowest BCUT2D eigenvalue weighted by molar-refractivity contribution is -0.125. The highest BCUT2D eigenvalue weighted by Crippen LogP contribution is 2.24. The van der Waals surface area contributed by atoms with Crippen molar-refractivity contribution < 1.29 is 14.4 Å². The van der Waals surface area contributed by atoms with Crippen LogP contribution in [0.1, 0.15) is 33.6 Å². The third kappa shape index (κ3) is 6.98.